The quantitative estimate of drug-likeness (QED) is 0.889. The van der Waals surface area contributed by atoms with Crippen molar-refractivity contribution in [3.63, 3.8) is 0 Å². The zero-order valence-corrected chi connectivity index (χ0v) is 11.4. The molecule has 106 valence electrons. The van der Waals surface area contributed by atoms with E-state index in [1.165, 1.54) is 17.5 Å². The van der Waals surface area contributed by atoms with Gasteiger partial charge in [0.15, 0.2) is 0 Å². The van der Waals surface area contributed by atoms with E-state index >= 15 is 0 Å². The van der Waals surface area contributed by atoms with Crippen LogP contribution in [0.5, 0.6) is 0 Å². The Bertz CT molecular complexity index is 553. The van der Waals surface area contributed by atoms with Gasteiger partial charge < -0.3 is 10.4 Å². The molecule has 0 heterocycles. The Balaban J connectivity index is 1.71. The van der Waals surface area contributed by atoms with Gasteiger partial charge in [-0.05, 0) is 55.4 Å². The fraction of sp³-hybridized carbons (Fsp3) is 0.500. The Morgan fingerprint density at radius 3 is 2.60 bits per heavy atom. The van der Waals surface area contributed by atoms with Gasteiger partial charge in [-0.2, -0.15) is 0 Å². The van der Waals surface area contributed by atoms with Crippen LogP contribution in [0.15, 0.2) is 18.2 Å². The number of amides is 1. The van der Waals surface area contributed by atoms with Crippen molar-refractivity contribution in [1.82, 2.24) is 0 Å². The molecule has 2 N–H and O–H groups in total. The molecule has 20 heavy (non-hydrogen) atoms. The van der Waals surface area contributed by atoms with E-state index in [1.807, 2.05) is 12.1 Å². The number of rotatable bonds is 3. The van der Waals surface area contributed by atoms with Crippen LogP contribution in [0, 0.1) is 11.8 Å². The topological polar surface area (TPSA) is 66.4 Å². The average molecular weight is 273 g/mol. The van der Waals surface area contributed by atoms with Crippen molar-refractivity contribution in [2.45, 2.75) is 38.5 Å². The second-order valence-corrected chi connectivity index (χ2v) is 5.81. The van der Waals surface area contributed by atoms with Crippen molar-refractivity contribution in [2.75, 3.05) is 5.32 Å². The maximum absolute atomic E-state index is 12.3. The van der Waals surface area contributed by atoms with Gasteiger partial charge in [0, 0.05) is 5.69 Å². The highest BCUT2D eigenvalue weighted by Crippen LogP contribution is 2.33. The van der Waals surface area contributed by atoms with E-state index in [4.69, 9.17) is 5.11 Å². The fourth-order valence-corrected chi connectivity index (χ4v) is 3.45. The van der Waals surface area contributed by atoms with Crippen LogP contribution in [0.4, 0.5) is 5.69 Å². The number of nitrogens with one attached hydrogen (secondary N) is 1. The minimum atomic E-state index is -0.850. The maximum atomic E-state index is 12.3. The fourth-order valence-electron chi connectivity index (χ4n) is 3.45. The molecule has 0 aliphatic heterocycles. The van der Waals surface area contributed by atoms with Crippen LogP contribution in [-0.4, -0.2) is 17.0 Å². The summed E-state index contributed by atoms with van der Waals surface area (Å²) < 4.78 is 0. The van der Waals surface area contributed by atoms with Gasteiger partial charge in [-0.15, -0.1) is 0 Å². The second kappa shape index (κ2) is 5.27. The van der Waals surface area contributed by atoms with E-state index in [0.29, 0.717) is 12.8 Å². The Morgan fingerprint density at radius 2 is 1.80 bits per heavy atom. The van der Waals surface area contributed by atoms with Crippen molar-refractivity contribution in [1.29, 1.82) is 0 Å². The van der Waals surface area contributed by atoms with Crippen LogP contribution >= 0.6 is 0 Å². The van der Waals surface area contributed by atoms with E-state index in [-0.39, 0.29) is 11.8 Å². The first-order valence-corrected chi connectivity index (χ1v) is 7.30. The summed E-state index contributed by atoms with van der Waals surface area (Å²) in [6.45, 7) is 0. The highest BCUT2D eigenvalue weighted by Gasteiger charge is 2.37. The van der Waals surface area contributed by atoms with Gasteiger partial charge >= 0.3 is 5.97 Å². The molecular formula is C16H19NO3. The lowest BCUT2D eigenvalue weighted by atomic mass is 9.95. The van der Waals surface area contributed by atoms with Crippen LogP contribution in [0.2, 0.25) is 0 Å². The molecule has 0 spiro atoms. The molecule has 2 aliphatic rings. The highest BCUT2D eigenvalue weighted by atomic mass is 16.4. The van der Waals surface area contributed by atoms with Crippen molar-refractivity contribution in [2.24, 2.45) is 11.8 Å². The van der Waals surface area contributed by atoms with Gasteiger partial charge in [-0.25, -0.2) is 0 Å². The molecule has 2 aliphatic carbocycles. The smallest absolute Gasteiger partial charge is 0.307 e. The van der Waals surface area contributed by atoms with E-state index in [1.54, 1.807) is 0 Å². The predicted molar refractivity (Wildman–Crippen MR) is 75.6 cm³/mol. The van der Waals surface area contributed by atoms with Gasteiger partial charge in [0.25, 0.3) is 0 Å². The summed E-state index contributed by atoms with van der Waals surface area (Å²) in [5, 5.41) is 12.0. The predicted octanol–water partition coefficient (Wildman–Crippen LogP) is 2.61. The lowest BCUT2D eigenvalue weighted by Gasteiger charge is -2.16. The van der Waals surface area contributed by atoms with Gasteiger partial charge in [0.05, 0.1) is 11.8 Å². The number of carboxylic acids is 1. The molecule has 1 amide bonds. The third-order valence-electron chi connectivity index (χ3n) is 4.54. The summed E-state index contributed by atoms with van der Waals surface area (Å²) in [4.78, 5) is 23.4. The molecule has 1 fully saturated rings. The van der Waals surface area contributed by atoms with Crippen molar-refractivity contribution in [3.8, 4) is 0 Å². The largest absolute Gasteiger partial charge is 0.481 e. The Labute approximate surface area is 118 Å². The van der Waals surface area contributed by atoms with Crippen LogP contribution in [-0.2, 0) is 22.4 Å². The minimum Gasteiger partial charge on any atom is -0.481 e. The summed E-state index contributed by atoms with van der Waals surface area (Å²) in [6.07, 6.45) is 5.47. The zero-order valence-electron chi connectivity index (χ0n) is 11.4. The molecule has 0 saturated heterocycles. The number of anilines is 1. The lowest BCUT2D eigenvalue weighted by Crippen LogP contribution is -2.30. The van der Waals surface area contributed by atoms with Gasteiger partial charge in [0.1, 0.15) is 0 Å². The van der Waals surface area contributed by atoms with Crippen LogP contribution in [0.25, 0.3) is 0 Å². The molecule has 4 heteroatoms. The Kier molecular flexibility index (Phi) is 3.47. The molecular weight excluding hydrogens is 254 g/mol. The third-order valence-corrected chi connectivity index (χ3v) is 4.54. The second-order valence-electron chi connectivity index (χ2n) is 5.81. The summed E-state index contributed by atoms with van der Waals surface area (Å²) in [5.41, 5.74) is 3.47. The molecule has 0 unspecified atom stereocenters. The SMILES string of the molecule is O=C(O)[C@H]1CCC[C@H]1C(=O)Nc1ccc2c(c1)CCC2. The normalized spacial score (nSPS) is 24.4. The summed E-state index contributed by atoms with van der Waals surface area (Å²) >= 11 is 0. The van der Waals surface area contributed by atoms with E-state index in [9.17, 15) is 9.59 Å². The Morgan fingerprint density at radius 1 is 1.05 bits per heavy atom. The van der Waals surface area contributed by atoms with Crippen LogP contribution < -0.4 is 5.32 Å². The molecule has 1 aromatic rings. The molecule has 1 saturated carbocycles. The number of fused-ring (bicyclic) bond motifs is 1. The summed E-state index contributed by atoms with van der Waals surface area (Å²) in [6, 6.07) is 6.03. The zero-order chi connectivity index (χ0) is 14.1. The molecule has 0 bridgehead atoms. The third kappa shape index (κ3) is 2.42. The molecule has 0 aromatic heterocycles. The molecule has 0 radical (unpaired) electrons. The van der Waals surface area contributed by atoms with E-state index < -0.39 is 11.9 Å². The highest BCUT2D eigenvalue weighted by molar-refractivity contribution is 5.95. The number of aliphatic carboxylic acids is 1. The molecule has 2 atom stereocenters. The number of carbonyl (C=O) groups is 2. The van der Waals surface area contributed by atoms with Gasteiger partial charge in [-0.1, -0.05) is 12.5 Å². The maximum Gasteiger partial charge on any atom is 0.307 e. The van der Waals surface area contributed by atoms with Crippen molar-refractivity contribution < 1.29 is 14.7 Å². The van der Waals surface area contributed by atoms with E-state index in [2.05, 4.69) is 11.4 Å². The number of benzene rings is 1. The number of carbonyl (C=O) groups excluding carboxylic acids is 1. The first-order chi connectivity index (χ1) is 9.65. The first-order valence-electron chi connectivity index (χ1n) is 7.30. The van der Waals surface area contributed by atoms with Crippen LogP contribution in [0.3, 0.4) is 0 Å². The Hall–Kier alpha value is -1.84. The average Bonchev–Trinajstić information content (AvgIpc) is 3.06. The van der Waals surface area contributed by atoms with Crippen LogP contribution in [0.1, 0.15) is 36.8 Å². The summed E-state index contributed by atoms with van der Waals surface area (Å²) in [5.74, 6) is -1.91. The summed E-state index contributed by atoms with van der Waals surface area (Å²) in [7, 11) is 0. The standard InChI is InChI=1S/C16H19NO3/c18-15(13-5-2-6-14(13)16(19)20)17-12-8-7-10-3-1-4-11(10)9-12/h7-9,13-14H,1-6H2,(H,17,18)(H,19,20)/t13-,14+/m1/s1. The number of hydrogen-bond donors (Lipinski definition) is 2. The minimum absolute atomic E-state index is 0.146. The monoisotopic (exact) mass is 273 g/mol. The first kappa shape index (κ1) is 13.2. The molecule has 3 rings (SSSR count). The number of aryl methyl sites for hydroxylation is 2. The lowest BCUT2D eigenvalue weighted by molar-refractivity contribution is -0.145. The van der Waals surface area contributed by atoms with Crippen molar-refractivity contribution in [3.05, 3.63) is 29.3 Å². The molecule has 4 nitrogen and oxygen atoms in total. The van der Waals surface area contributed by atoms with Gasteiger partial charge in [-0.3, -0.25) is 9.59 Å². The van der Waals surface area contributed by atoms with Crippen molar-refractivity contribution >= 4 is 17.6 Å². The van der Waals surface area contributed by atoms with Gasteiger partial charge in [0.2, 0.25) is 5.91 Å². The van der Waals surface area contributed by atoms with E-state index in [0.717, 1.165) is 24.9 Å². The number of hydrogen-bond acceptors (Lipinski definition) is 2. The molecule has 1 aromatic carbocycles. The number of carboxylic acid groups (broad SMARTS) is 1.